The van der Waals surface area contributed by atoms with Crippen molar-refractivity contribution in [2.75, 3.05) is 6.54 Å². The predicted octanol–water partition coefficient (Wildman–Crippen LogP) is 0.518. The Bertz CT molecular complexity index is 202. The summed E-state index contributed by atoms with van der Waals surface area (Å²) in [5.74, 6) is -0.0814. The molecule has 0 saturated carbocycles. The average Bonchev–Trinajstić information content (AvgIpc) is 1.94. The third-order valence-electron chi connectivity index (χ3n) is 1.87. The summed E-state index contributed by atoms with van der Waals surface area (Å²) in [5.41, 5.74) is 0. The van der Waals surface area contributed by atoms with E-state index in [0.29, 0.717) is 19.4 Å². The Labute approximate surface area is 71.4 Å². The summed E-state index contributed by atoms with van der Waals surface area (Å²) in [6, 6.07) is 0.0233. The highest BCUT2D eigenvalue weighted by atomic mass is 16.7. The number of nitrogens with zero attached hydrogens (tertiary/aromatic N) is 1. The number of piperidine rings is 1. The molecule has 0 aromatic carbocycles. The van der Waals surface area contributed by atoms with Gasteiger partial charge in [-0.3, -0.25) is 9.59 Å². The van der Waals surface area contributed by atoms with Crippen molar-refractivity contribution >= 4 is 11.8 Å². The second-order valence-electron chi connectivity index (χ2n) is 3.07. The molecule has 1 heterocycles. The highest BCUT2D eigenvalue weighted by Crippen LogP contribution is 2.13. The lowest BCUT2D eigenvalue weighted by Crippen LogP contribution is -2.41. The molecule has 1 aliphatic rings. The molecule has 68 valence electrons. The summed E-state index contributed by atoms with van der Waals surface area (Å²) in [4.78, 5) is 26.4. The van der Waals surface area contributed by atoms with Gasteiger partial charge in [-0.1, -0.05) is 0 Å². The number of carbonyl (C=O) groups excluding carboxylic acids is 2. The molecule has 1 aliphatic heterocycles. The van der Waals surface area contributed by atoms with Gasteiger partial charge in [0.2, 0.25) is 0 Å². The molecule has 4 heteroatoms. The van der Waals surface area contributed by atoms with E-state index in [1.54, 1.807) is 5.06 Å². The zero-order valence-electron chi connectivity index (χ0n) is 7.37. The molecule has 0 aromatic rings. The fourth-order valence-electron chi connectivity index (χ4n) is 1.29. The van der Waals surface area contributed by atoms with E-state index < -0.39 is 0 Å². The fourth-order valence-corrected chi connectivity index (χ4v) is 1.29. The first-order valence-corrected chi connectivity index (χ1v) is 4.06. The molecule has 0 spiro atoms. The van der Waals surface area contributed by atoms with Crippen LogP contribution in [0.15, 0.2) is 0 Å². The molecule has 1 fully saturated rings. The molecule has 0 bridgehead atoms. The first-order valence-electron chi connectivity index (χ1n) is 4.06. The molecule has 0 aliphatic carbocycles. The van der Waals surface area contributed by atoms with Gasteiger partial charge in [0.15, 0.2) is 0 Å². The molecule has 0 aromatic heterocycles. The van der Waals surface area contributed by atoms with E-state index in [-0.39, 0.29) is 17.8 Å². The van der Waals surface area contributed by atoms with Gasteiger partial charge in [0.05, 0.1) is 6.04 Å². The second-order valence-corrected chi connectivity index (χ2v) is 3.07. The highest BCUT2D eigenvalue weighted by molar-refractivity contribution is 5.80. The van der Waals surface area contributed by atoms with E-state index in [1.807, 2.05) is 6.92 Å². The number of hydrogen-bond donors (Lipinski definition) is 0. The van der Waals surface area contributed by atoms with E-state index in [1.165, 1.54) is 6.92 Å². The van der Waals surface area contributed by atoms with E-state index in [4.69, 9.17) is 4.84 Å². The molecule has 1 saturated heterocycles. The molecule has 0 amide bonds. The largest absolute Gasteiger partial charge is 0.368 e. The molecular formula is C8H13NO3. The summed E-state index contributed by atoms with van der Waals surface area (Å²) in [5, 5.41) is 1.57. The van der Waals surface area contributed by atoms with Gasteiger partial charge in [0, 0.05) is 26.3 Å². The first-order chi connectivity index (χ1) is 5.59. The van der Waals surface area contributed by atoms with Crippen LogP contribution in [0.3, 0.4) is 0 Å². The van der Waals surface area contributed by atoms with Crippen molar-refractivity contribution in [3.8, 4) is 0 Å². The SMILES string of the molecule is CC(=O)ON1CCC(=O)CC1C. The molecule has 4 nitrogen and oxygen atoms in total. The van der Waals surface area contributed by atoms with Crippen LogP contribution in [0.2, 0.25) is 0 Å². The normalized spacial score (nSPS) is 25.5. The first kappa shape index (κ1) is 9.19. The topological polar surface area (TPSA) is 46.6 Å². The quantitative estimate of drug-likeness (QED) is 0.577. The van der Waals surface area contributed by atoms with Gasteiger partial charge in [-0.15, -0.1) is 5.06 Å². The average molecular weight is 171 g/mol. The number of Topliss-reactive ketones (excluding diaryl/α,β-unsaturated/α-hetero) is 1. The zero-order chi connectivity index (χ0) is 9.14. The fraction of sp³-hybridized carbons (Fsp3) is 0.750. The molecule has 12 heavy (non-hydrogen) atoms. The van der Waals surface area contributed by atoms with Gasteiger partial charge < -0.3 is 4.84 Å². The maximum atomic E-state index is 10.9. The summed E-state index contributed by atoms with van der Waals surface area (Å²) >= 11 is 0. The third-order valence-corrected chi connectivity index (χ3v) is 1.87. The van der Waals surface area contributed by atoms with Gasteiger partial charge in [-0.25, -0.2) is 0 Å². The van der Waals surface area contributed by atoms with Crippen LogP contribution in [0.4, 0.5) is 0 Å². The summed E-state index contributed by atoms with van der Waals surface area (Å²) in [6.07, 6.45) is 0.963. The maximum absolute atomic E-state index is 10.9. The third kappa shape index (κ3) is 2.30. The molecule has 1 atom stereocenters. The standard InChI is InChI=1S/C8H13NO3/c1-6-5-8(11)3-4-9(6)12-7(2)10/h6H,3-5H2,1-2H3. The molecular weight excluding hydrogens is 158 g/mol. The minimum atomic E-state index is -0.323. The van der Waals surface area contributed by atoms with E-state index in [2.05, 4.69) is 0 Å². The van der Waals surface area contributed by atoms with Crippen molar-refractivity contribution in [2.45, 2.75) is 32.7 Å². The Morgan fingerprint density at radius 2 is 2.33 bits per heavy atom. The maximum Gasteiger partial charge on any atom is 0.322 e. The van der Waals surface area contributed by atoms with Gasteiger partial charge in [-0.05, 0) is 6.92 Å². The molecule has 1 rings (SSSR count). The molecule has 1 unspecified atom stereocenters. The number of carbonyl (C=O) groups is 2. The van der Waals surface area contributed by atoms with Crippen molar-refractivity contribution in [1.82, 2.24) is 5.06 Å². The van der Waals surface area contributed by atoms with Crippen molar-refractivity contribution in [2.24, 2.45) is 0 Å². The van der Waals surface area contributed by atoms with Crippen LogP contribution in [0.1, 0.15) is 26.7 Å². The lowest BCUT2D eigenvalue weighted by atomic mass is 10.1. The summed E-state index contributed by atoms with van der Waals surface area (Å²) < 4.78 is 0. The number of hydrogen-bond acceptors (Lipinski definition) is 4. The van der Waals surface area contributed by atoms with E-state index in [0.717, 1.165) is 0 Å². The highest BCUT2D eigenvalue weighted by Gasteiger charge is 2.25. The minimum absolute atomic E-state index is 0.0233. The van der Waals surface area contributed by atoms with Crippen molar-refractivity contribution in [3.63, 3.8) is 0 Å². The van der Waals surface area contributed by atoms with Crippen LogP contribution in [-0.4, -0.2) is 29.4 Å². The summed E-state index contributed by atoms with van der Waals surface area (Å²) in [7, 11) is 0. The predicted molar refractivity (Wildman–Crippen MR) is 42.2 cm³/mol. The van der Waals surface area contributed by atoms with Crippen LogP contribution in [0, 0.1) is 0 Å². The molecule has 0 radical (unpaired) electrons. The smallest absolute Gasteiger partial charge is 0.322 e. The van der Waals surface area contributed by atoms with Crippen LogP contribution < -0.4 is 0 Å². The van der Waals surface area contributed by atoms with Gasteiger partial charge in [-0.2, -0.15) is 0 Å². The minimum Gasteiger partial charge on any atom is -0.368 e. The van der Waals surface area contributed by atoms with Gasteiger partial charge in [0.25, 0.3) is 0 Å². The number of rotatable bonds is 1. The van der Waals surface area contributed by atoms with E-state index in [9.17, 15) is 9.59 Å². The number of hydroxylamine groups is 2. The van der Waals surface area contributed by atoms with Crippen LogP contribution >= 0.6 is 0 Å². The second kappa shape index (κ2) is 3.67. The van der Waals surface area contributed by atoms with Gasteiger partial charge in [0.1, 0.15) is 5.78 Å². The van der Waals surface area contributed by atoms with Crippen molar-refractivity contribution in [3.05, 3.63) is 0 Å². The Balaban J connectivity index is 2.45. The Morgan fingerprint density at radius 3 is 2.83 bits per heavy atom. The van der Waals surface area contributed by atoms with Crippen molar-refractivity contribution in [1.29, 1.82) is 0 Å². The zero-order valence-corrected chi connectivity index (χ0v) is 7.37. The van der Waals surface area contributed by atoms with Crippen molar-refractivity contribution < 1.29 is 14.4 Å². The Hall–Kier alpha value is -0.900. The Kier molecular flexibility index (Phi) is 2.81. The Morgan fingerprint density at radius 1 is 1.67 bits per heavy atom. The van der Waals surface area contributed by atoms with E-state index >= 15 is 0 Å². The van der Waals surface area contributed by atoms with Crippen LogP contribution in [0.25, 0.3) is 0 Å². The summed E-state index contributed by atoms with van der Waals surface area (Å²) in [6.45, 7) is 3.77. The lowest BCUT2D eigenvalue weighted by Gasteiger charge is -2.29. The van der Waals surface area contributed by atoms with Crippen LogP contribution in [0.5, 0.6) is 0 Å². The van der Waals surface area contributed by atoms with Crippen LogP contribution in [-0.2, 0) is 14.4 Å². The van der Waals surface area contributed by atoms with Gasteiger partial charge >= 0.3 is 5.97 Å². The molecule has 0 N–H and O–H groups in total. The lowest BCUT2D eigenvalue weighted by molar-refractivity contribution is -0.203. The number of ketones is 1. The monoisotopic (exact) mass is 171 g/mol.